The number of hydrogen-bond acceptors (Lipinski definition) is 12. The average Bonchev–Trinajstić information content (AvgIpc) is 3.81. The number of benzene rings is 1. The van der Waals surface area contributed by atoms with Gasteiger partial charge in [0, 0.05) is 90.6 Å². The second-order valence-electron chi connectivity index (χ2n) is 21.0. The van der Waals surface area contributed by atoms with Gasteiger partial charge in [-0.2, -0.15) is 5.10 Å². The van der Waals surface area contributed by atoms with Crippen molar-refractivity contribution < 1.29 is 33.4 Å². The van der Waals surface area contributed by atoms with Crippen molar-refractivity contribution in [2.75, 3.05) is 54.1 Å². The van der Waals surface area contributed by atoms with E-state index in [1.54, 1.807) is 22.9 Å². The van der Waals surface area contributed by atoms with Gasteiger partial charge in [0.25, 0.3) is 11.8 Å². The molecule has 7 rings (SSSR count). The van der Waals surface area contributed by atoms with Crippen LogP contribution < -0.4 is 10.7 Å². The summed E-state index contributed by atoms with van der Waals surface area (Å²) in [6.07, 6.45) is 2.90. The van der Waals surface area contributed by atoms with Crippen molar-refractivity contribution in [1.29, 1.82) is 0 Å². The number of amides is 3. The number of carbonyl (C=O) groups excluding carboxylic acids is 4. The molecule has 3 aliphatic rings. The van der Waals surface area contributed by atoms with Crippen molar-refractivity contribution in [2.24, 2.45) is 24.3 Å². The van der Waals surface area contributed by atoms with Crippen LogP contribution in [-0.2, 0) is 59.8 Å². The Balaban J connectivity index is 1.22. The maximum Gasteiger partial charge on any atom is 0.323 e. The molecular weight excluding hydrogens is 893 g/mol. The number of fused-ring (bicyclic) bond motifs is 6. The Bertz CT molecular complexity index is 2640. The first-order chi connectivity index (χ1) is 32.6. The monoisotopic (exact) mass is 965 g/mol. The summed E-state index contributed by atoms with van der Waals surface area (Å²) in [5.74, 6) is 4.60. The molecule has 3 aliphatic heterocycles. The molecule has 17 nitrogen and oxygen atoms in total. The highest BCUT2D eigenvalue weighted by Crippen LogP contribution is 2.42. The zero-order valence-corrected chi connectivity index (χ0v) is 44.9. The van der Waals surface area contributed by atoms with Gasteiger partial charge in [-0.05, 0) is 109 Å². The normalized spacial score (nSPS) is 21.1. The Morgan fingerprint density at radius 3 is 2.57 bits per heavy atom. The molecule has 2 N–H and O–H groups in total. The molecule has 1 aromatic carbocycles. The number of likely N-dealkylation sites (tertiary alicyclic amines) is 1. The maximum absolute atomic E-state index is 14.8. The van der Waals surface area contributed by atoms with Gasteiger partial charge < -0.3 is 29.0 Å². The number of hydrogen-bond donors (Lipinski definition) is 2. The Morgan fingerprint density at radius 2 is 1.88 bits per heavy atom. The van der Waals surface area contributed by atoms with E-state index in [1.165, 1.54) is 5.01 Å². The molecule has 4 aromatic rings. The van der Waals surface area contributed by atoms with Gasteiger partial charge in [0.05, 0.1) is 48.3 Å². The van der Waals surface area contributed by atoms with Crippen molar-refractivity contribution >= 4 is 44.8 Å². The van der Waals surface area contributed by atoms with E-state index in [-0.39, 0.29) is 49.6 Å². The quantitative estimate of drug-likeness (QED) is 0.128. The summed E-state index contributed by atoms with van der Waals surface area (Å²) in [5, 5.41) is 9.32. The highest BCUT2D eigenvalue weighted by molar-refractivity contribution is 6.27. The number of ether oxygens (including phenoxy) is 3. The summed E-state index contributed by atoms with van der Waals surface area (Å²) in [4.78, 5) is 69.7. The summed E-state index contributed by atoms with van der Waals surface area (Å²) >= 11 is 0. The molecule has 69 heavy (non-hydrogen) atoms. The topological polar surface area (TPSA) is 178 Å². The lowest BCUT2D eigenvalue weighted by molar-refractivity contribution is -0.158. The number of hydrazine groups is 1. The number of methoxy groups -OCH3 is 1. The zero-order valence-electron chi connectivity index (χ0n) is 42.9. The second-order valence-corrected chi connectivity index (χ2v) is 22.7. The van der Waals surface area contributed by atoms with Crippen LogP contribution in [0.4, 0.5) is 0 Å². The van der Waals surface area contributed by atoms with Crippen LogP contribution in [0.1, 0.15) is 91.4 Å². The highest BCUT2D eigenvalue weighted by Gasteiger charge is 2.43. The second kappa shape index (κ2) is 20.5. The van der Waals surface area contributed by atoms with Crippen molar-refractivity contribution in [3.63, 3.8) is 0 Å². The van der Waals surface area contributed by atoms with Gasteiger partial charge >= 0.3 is 5.97 Å². The number of carbonyl (C=O) groups is 4. The molecule has 3 amide bonds. The largest absolute Gasteiger partial charge is 0.464 e. The Kier molecular flexibility index (Phi) is 15.3. The van der Waals surface area contributed by atoms with Gasteiger partial charge in [-0.1, -0.05) is 33.6 Å². The molecule has 18 heteroatoms. The Hall–Kier alpha value is -5.45. The minimum absolute atomic E-state index is 0.00821. The van der Waals surface area contributed by atoms with Crippen molar-refractivity contribution in [1.82, 2.24) is 49.9 Å². The molecular formula is C51H72N10O7Si. The number of nitrogens with zero attached hydrogens (tertiary/aromatic N) is 8. The minimum Gasteiger partial charge on any atom is -0.464 e. The summed E-state index contributed by atoms with van der Waals surface area (Å²) in [6.45, 7) is 18.1. The van der Waals surface area contributed by atoms with Crippen LogP contribution in [0.5, 0.6) is 0 Å². The molecule has 0 unspecified atom stereocenters. The summed E-state index contributed by atoms with van der Waals surface area (Å²) < 4.78 is 22.3. The van der Waals surface area contributed by atoms with E-state index in [0.29, 0.717) is 67.3 Å². The zero-order chi connectivity index (χ0) is 50.2. The maximum atomic E-state index is 14.8. The van der Waals surface area contributed by atoms with Crippen LogP contribution in [0.15, 0.2) is 36.5 Å². The molecule has 372 valence electrons. The standard InChI is InChI=1S/C51H72N10O7Si/c1-13-60-40-18-17-33-24-36(40)37(44(60)35-16-14-22-52-43(35)32(4)66-12)26-49(5,6)30-68-48(65)51(69)20-15-23-61(56-51)47(64)39(25-41-54-45(33)58(11)55-41)53-46(63)38(31(2)3)29-67-34-27-59(28-34)42(62)19-21-50(7,8)57(9)10/h14,16-18,22,24,31-32,34,38-39,56H,13,15,20,23,25-30H2,1-12,69H3,(H,53,63)/t32-,38-,39-,51-/m0/s1. The smallest absolute Gasteiger partial charge is 0.323 e. The Labute approximate surface area is 409 Å². The van der Waals surface area contributed by atoms with Crippen molar-refractivity contribution in [3.8, 4) is 34.5 Å². The lowest BCUT2D eigenvalue weighted by Crippen LogP contribution is -2.67. The lowest BCUT2D eigenvalue weighted by atomic mass is 9.84. The molecule has 0 spiro atoms. The summed E-state index contributed by atoms with van der Waals surface area (Å²) in [6, 6.07) is 9.27. The van der Waals surface area contributed by atoms with Gasteiger partial charge in [-0.3, -0.25) is 34.1 Å². The first-order valence-electron chi connectivity index (χ1n) is 24.3. The molecule has 6 heterocycles. The van der Waals surface area contributed by atoms with Crippen LogP contribution in [0, 0.1) is 29.1 Å². The molecule has 2 saturated heterocycles. The van der Waals surface area contributed by atoms with E-state index in [0.717, 1.165) is 39.0 Å². The average molecular weight is 965 g/mol. The fourth-order valence-electron chi connectivity index (χ4n) is 9.24. The number of cyclic esters (lactones) is 1. The highest BCUT2D eigenvalue weighted by atomic mass is 28.1. The third-order valence-electron chi connectivity index (χ3n) is 14.2. The summed E-state index contributed by atoms with van der Waals surface area (Å²) in [5.41, 5.74) is 8.10. The third-order valence-corrected chi connectivity index (χ3v) is 15.3. The van der Waals surface area contributed by atoms with Crippen LogP contribution >= 0.6 is 0 Å². The van der Waals surface area contributed by atoms with E-state index >= 15 is 0 Å². The minimum atomic E-state index is -1.08. The Morgan fingerprint density at radius 1 is 1.14 bits per heavy atom. The summed E-state index contributed by atoms with van der Waals surface area (Å²) in [7, 11) is 7.71. The van der Waals surface area contributed by atoms with E-state index in [9.17, 15) is 19.2 Å². The SMILES string of the molecule is CCn1c(-c2cccnc2[C@H](C)OC)c2c3cc(ccc31)-c1nc(nn1C)C[C@H](NC(=O)[C@@H](COC1CN(C(=O)C#CC(C)(C)N(C)C)C1)C(C)C)C(=O)N1CCC[C@@]([SiH3])(N1)C(=O)OCC(C)(C)C2. The van der Waals surface area contributed by atoms with Gasteiger partial charge in [-0.25, -0.2) is 15.1 Å². The number of esters is 1. The number of pyridine rings is 1. The van der Waals surface area contributed by atoms with Crippen molar-refractivity contribution in [3.05, 3.63) is 53.6 Å². The molecule has 6 bridgehead atoms. The van der Waals surface area contributed by atoms with E-state index in [2.05, 4.69) is 66.1 Å². The first-order valence-corrected chi connectivity index (χ1v) is 25.3. The van der Waals surface area contributed by atoms with Crippen LogP contribution in [0.2, 0.25) is 0 Å². The number of rotatable bonds is 11. The predicted molar refractivity (Wildman–Crippen MR) is 267 cm³/mol. The first kappa shape index (κ1) is 51.4. The molecule has 0 aliphatic carbocycles. The van der Waals surface area contributed by atoms with Crippen LogP contribution in [0.25, 0.3) is 33.5 Å². The van der Waals surface area contributed by atoms with Gasteiger partial charge in [0.15, 0.2) is 11.6 Å². The van der Waals surface area contributed by atoms with E-state index in [4.69, 9.17) is 29.3 Å². The molecule has 4 atom stereocenters. The third kappa shape index (κ3) is 11.0. The predicted octanol–water partition coefficient (Wildman–Crippen LogP) is 3.41. The van der Waals surface area contributed by atoms with Gasteiger partial charge in [0.1, 0.15) is 11.2 Å². The number of aromatic nitrogens is 5. The van der Waals surface area contributed by atoms with Gasteiger partial charge in [0.2, 0.25) is 5.91 Å². The van der Waals surface area contributed by atoms with Crippen LogP contribution in [0.3, 0.4) is 0 Å². The van der Waals surface area contributed by atoms with Gasteiger partial charge in [-0.15, -0.1) is 0 Å². The fraction of sp³-hybridized carbons (Fsp3) is 0.588. The number of aryl methyl sites for hydroxylation is 2. The van der Waals surface area contributed by atoms with E-state index < -0.39 is 40.0 Å². The molecule has 0 saturated carbocycles. The fourth-order valence-corrected chi connectivity index (χ4v) is 10.0. The molecule has 0 radical (unpaired) electrons. The lowest BCUT2D eigenvalue weighted by Gasteiger charge is -2.41. The molecule has 2 fully saturated rings. The molecule has 3 aromatic heterocycles. The van der Waals surface area contributed by atoms with E-state index in [1.807, 2.05) is 72.8 Å². The number of nitrogens with one attached hydrogen (secondary N) is 2. The van der Waals surface area contributed by atoms with Crippen molar-refractivity contribution in [2.45, 2.75) is 117 Å². The van der Waals surface area contributed by atoms with Crippen LogP contribution in [-0.4, -0.2) is 150 Å².